The van der Waals surface area contributed by atoms with Gasteiger partial charge in [0.05, 0.1) is 19.0 Å². The van der Waals surface area contributed by atoms with Crippen molar-refractivity contribution in [2.24, 2.45) is 0 Å². The fourth-order valence-electron chi connectivity index (χ4n) is 4.24. The van der Waals surface area contributed by atoms with E-state index in [0.717, 1.165) is 43.2 Å². The first-order chi connectivity index (χ1) is 16.1. The maximum absolute atomic E-state index is 14.3. The number of imidazole rings is 1. The van der Waals surface area contributed by atoms with Gasteiger partial charge in [-0.1, -0.05) is 19.3 Å². The number of aromatic nitrogens is 4. The number of fused-ring (bicyclic) bond motifs is 1. The average molecular weight is 450 g/mol. The number of nitrogens with one attached hydrogen (secondary N) is 2. The lowest BCUT2D eigenvalue weighted by Crippen LogP contribution is -2.16. The Balaban J connectivity index is 1.53. The van der Waals surface area contributed by atoms with Crippen molar-refractivity contribution in [2.75, 3.05) is 17.7 Å². The molecule has 5 rings (SSSR count). The Morgan fingerprint density at radius 2 is 1.76 bits per heavy atom. The Morgan fingerprint density at radius 3 is 2.48 bits per heavy atom. The van der Waals surface area contributed by atoms with Crippen LogP contribution in [-0.4, -0.2) is 26.6 Å². The van der Waals surface area contributed by atoms with Gasteiger partial charge in [0.25, 0.3) is 0 Å². The van der Waals surface area contributed by atoms with Crippen molar-refractivity contribution in [3.05, 3.63) is 60.3 Å². The summed E-state index contributed by atoms with van der Waals surface area (Å²) in [6, 6.07) is 11.1. The smallest absolute Gasteiger partial charge is 0.229 e. The largest absolute Gasteiger partial charge is 0.497 e. The van der Waals surface area contributed by atoms with Crippen LogP contribution in [0.15, 0.2) is 48.7 Å². The Bertz CT molecular complexity index is 1270. The standard InChI is InChI=1S/C24H24F2N6O/c1-33-18-10-8-16(9-11-18)28-23-27-14-21-22(31-23)32(17-5-3-2-4-6-17)24(30-21)29-20-12-7-15(25)13-19(20)26/h7-14,17H,2-6H2,1H3,(H,29,30)(H,27,28,31). The molecule has 0 unspecified atom stereocenters. The number of anilines is 4. The van der Waals surface area contributed by atoms with Gasteiger partial charge in [-0.05, 0) is 49.2 Å². The Kier molecular flexibility index (Phi) is 5.77. The van der Waals surface area contributed by atoms with Gasteiger partial charge in [-0.25, -0.2) is 18.7 Å². The van der Waals surface area contributed by atoms with Gasteiger partial charge >= 0.3 is 0 Å². The summed E-state index contributed by atoms with van der Waals surface area (Å²) in [6.45, 7) is 0. The first-order valence-electron chi connectivity index (χ1n) is 11.0. The topological polar surface area (TPSA) is 76.9 Å². The molecule has 1 aliphatic rings. The predicted octanol–water partition coefficient (Wildman–Crippen LogP) is 6.11. The summed E-state index contributed by atoms with van der Waals surface area (Å²) < 4.78 is 34.9. The van der Waals surface area contributed by atoms with Crippen LogP contribution in [-0.2, 0) is 0 Å². The van der Waals surface area contributed by atoms with E-state index in [1.54, 1.807) is 13.3 Å². The summed E-state index contributed by atoms with van der Waals surface area (Å²) in [7, 11) is 1.62. The molecular formula is C24H24F2N6O. The number of nitrogens with zero attached hydrogens (tertiary/aromatic N) is 4. The van der Waals surface area contributed by atoms with Crippen LogP contribution in [0.25, 0.3) is 11.2 Å². The summed E-state index contributed by atoms with van der Waals surface area (Å²) >= 11 is 0. The van der Waals surface area contributed by atoms with E-state index >= 15 is 0 Å². The van der Waals surface area contributed by atoms with Gasteiger partial charge in [0, 0.05) is 17.8 Å². The van der Waals surface area contributed by atoms with Crippen molar-refractivity contribution in [2.45, 2.75) is 38.1 Å². The number of ether oxygens (including phenoxy) is 1. The van der Waals surface area contributed by atoms with Crippen molar-refractivity contribution in [3.63, 3.8) is 0 Å². The minimum atomic E-state index is -0.676. The lowest BCUT2D eigenvalue weighted by atomic mass is 9.95. The molecule has 7 nitrogen and oxygen atoms in total. The second-order valence-electron chi connectivity index (χ2n) is 8.10. The highest BCUT2D eigenvalue weighted by molar-refractivity contribution is 5.77. The molecule has 1 aliphatic carbocycles. The maximum atomic E-state index is 14.3. The molecule has 0 atom stereocenters. The maximum Gasteiger partial charge on any atom is 0.229 e. The quantitative estimate of drug-likeness (QED) is 0.369. The van der Waals surface area contributed by atoms with E-state index in [9.17, 15) is 8.78 Å². The van der Waals surface area contributed by atoms with Gasteiger partial charge in [-0.2, -0.15) is 4.98 Å². The normalized spacial score (nSPS) is 14.4. The summed E-state index contributed by atoms with van der Waals surface area (Å²) in [4.78, 5) is 13.8. The summed E-state index contributed by atoms with van der Waals surface area (Å²) in [5, 5.41) is 6.26. The van der Waals surface area contributed by atoms with Gasteiger partial charge in [0.1, 0.15) is 22.9 Å². The minimum Gasteiger partial charge on any atom is -0.497 e. The first kappa shape index (κ1) is 21.1. The van der Waals surface area contributed by atoms with E-state index in [0.29, 0.717) is 23.1 Å². The predicted molar refractivity (Wildman–Crippen MR) is 123 cm³/mol. The second-order valence-corrected chi connectivity index (χ2v) is 8.10. The highest BCUT2D eigenvalue weighted by atomic mass is 19.1. The van der Waals surface area contributed by atoms with Crippen molar-refractivity contribution in [1.82, 2.24) is 19.5 Å². The molecule has 33 heavy (non-hydrogen) atoms. The highest BCUT2D eigenvalue weighted by Gasteiger charge is 2.23. The second kappa shape index (κ2) is 9.01. The van der Waals surface area contributed by atoms with E-state index in [1.807, 2.05) is 28.8 Å². The molecule has 0 radical (unpaired) electrons. The molecule has 2 aromatic heterocycles. The molecule has 4 aromatic rings. The fraction of sp³-hybridized carbons (Fsp3) is 0.292. The number of hydrogen-bond acceptors (Lipinski definition) is 6. The van der Waals surface area contributed by atoms with Crippen LogP contribution in [0.1, 0.15) is 38.1 Å². The van der Waals surface area contributed by atoms with E-state index in [4.69, 9.17) is 9.72 Å². The van der Waals surface area contributed by atoms with Crippen LogP contribution in [0.2, 0.25) is 0 Å². The van der Waals surface area contributed by atoms with Gasteiger partial charge in [0.15, 0.2) is 5.65 Å². The molecule has 0 saturated heterocycles. The zero-order chi connectivity index (χ0) is 22.8. The van der Waals surface area contributed by atoms with Crippen LogP contribution in [0, 0.1) is 11.6 Å². The molecule has 1 saturated carbocycles. The van der Waals surface area contributed by atoms with Crippen LogP contribution in [0.3, 0.4) is 0 Å². The molecule has 2 heterocycles. The number of benzene rings is 2. The van der Waals surface area contributed by atoms with Crippen LogP contribution >= 0.6 is 0 Å². The molecule has 0 aliphatic heterocycles. The van der Waals surface area contributed by atoms with Crippen LogP contribution in [0.4, 0.5) is 32.1 Å². The lowest BCUT2D eigenvalue weighted by molar-refractivity contribution is 0.361. The molecule has 0 amide bonds. The van der Waals surface area contributed by atoms with Gasteiger partial charge < -0.3 is 15.4 Å². The molecule has 1 fully saturated rings. The Hall–Kier alpha value is -3.75. The third-order valence-electron chi connectivity index (χ3n) is 5.90. The third-order valence-corrected chi connectivity index (χ3v) is 5.90. The highest BCUT2D eigenvalue weighted by Crippen LogP contribution is 2.35. The molecule has 0 spiro atoms. The van der Waals surface area contributed by atoms with Crippen molar-refractivity contribution in [3.8, 4) is 5.75 Å². The van der Waals surface area contributed by atoms with E-state index < -0.39 is 11.6 Å². The lowest BCUT2D eigenvalue weighted by Gasteiger charge is -2.25. The van der Waals surface area contributed by atoms with Gasteiger partial charge in [-0.3, -0.25) is 4.57 Å². The van der Waals surface area contributed by atoms with Crippen LogP contribution < -0.4 is 15.4 Å². The summed E-state index contributed by atoms with van der Waals surface area (Å²) in [6.07, 6.45) is 7.03. The summed E-state index contributed by atoms with van der Waals surface area (Å²) in [5.74, 6) is 0.364. The Labute approximate surface area is 189 Å². The molecule has 2 aromatic carbocycles. The molecular weight excluding hydrogens is 426 g/mol. The van der Waals surface area contributed by atoms with E-state index in [2.05, 4.69) is 20.6 Å². The molecule has 2 N–H and O–H groups in total. The van der Waals surface area contributed by atoms with E-state index in [-0.39, 0.29) is 11.7 Å². The fourth-order valence-corrected chi connectivity index (χ4v) is 4.24. The zero-order valence-electron chi connectivity index (χ0n) is 18.2. The number of halogens is 2. The monoisotopic (exact) mass is 450 g/mol. The average Bonchev–Trinajstić information content (AvgIpc) is 3.19. The van der Waals surface area contributed by atoms with Crippen LogP contribution in [0.5, 0.6) is 5.75 Å². The first-order valence-corrected chi connectivity index (χ1v) is 11.0. The van der Waals surface area contributed by atoms with Gasteiger partial charge in [-0.15, -0.1) is 0 Å². The zero-order valence-corrected chi connectivity index (χ0v) is 18.2. The third kappa shape index (κ3) is 4.44. The number of methoxy groups -OCH3 is 1. The molecule has 0 bridgehead atoms. The number of hydrogen-bond donors (Lipinski definition) is 2. The molecule has 170 valence electrons. The SMILES string of the molecule is COc1ccc(Nc2ncc3nc(Nc4ccc(F)cc4F)n(C4CCCCC4)c3n2)cc1. The van der Waals surface area contributed by atoms with Gasteiger partial charge in [0.2, 0.25) is 11.9 Å². The summed E-state index contributed by atoms with van der Waals surface area (Å²) in [5.41, 5.74) is 2.25. The van der Waals surface area contributed by atoms with E-state index in [1.165, 1.54) is 18.6 Å². The van der Waals surface area contributed by atoms with Crippen molar-refractivity contribution < 1.29 is 13.5 Å². The molecule has 9 heteroatoms. The Morgan fingerprint density at radius 1 is 0.970 bits per heavy atom. The number of rotatable bonds is 6. The minimum absolute atomic E-state index is 0.160. The van der Waals surface area contributed by atoms with Crippen molar-refractivity contribution >= 4 is 34.4 Å². The van der Waals surface area contributed by atoms with Crippen molar-refractivity contribution in [1.29, 1.82) is 0 Å².